The first kappa shape index (κ1) is 20.8. The second-order valence-corrected chi connectivity index (χ2v) is 6.26. The molecule has 2 aromatic rings. The van der Waals surface area contributed by atoms with E-state index in [-0.39, 0.29) is 24.3 Å². The first-order valence-electron chi connectivity index (χ1n) is 8.70. The molecule has 2 aromatic carbocycles. The number of ether oxygens (including phenoxy) is 1. The number of carbonyl (C=O) groups excluding carboxylic acids is 2. The third-order valence-corrected chi connectivity index (χ3v) is 4.40. The highest BCUT2D eigenvalue weighted by atomic mass is 16.5. The quantitative estimate of drug-likeness (QED) is 0.433. The standard InChI is InChI=1S/C20H25N5O3/c1-13(15-5-4-6-17(11-15)28-3)25(2)18(26)12-23-20(27)24-16-9-7-14(8-10-16)19(21)22/h4-11,13H,12H2,1-3H3,(H3,21,22)(H2,23,24,27)/t13-/m0/s1. The maximum Gasteiger partial charge on any atom is 0.319 e. The summed E-state index contributed by atoms with van der Waals surface area (Å²) in [6.07, 6.45) is 0. The van der Waals surface area contributed by atoms with Gasteiger partial charge in [-0.15, -0.1) is 0 Å². The van der Waals surface area contributed by atoms with E-state index in [0.29, 0.717) is 11.3 Å². The van der Waals surface area contributed by atoms with Crippen molar-refractivity contribution >= 4 is 23.5 Å². The van der Waals surface area contributed by atoms with Gasteiger partial charge in [0, 0.05) is 18.3 Å². The Morgan fingerprint density at radius 2 is 1.89 bits per heavy atom. The summed E-state index contributed by atoms with van der Waals surface area (Å²) in [5, 5.41) is 12.5. The SMILES string of the molecule is COc1cccc([C@H](C)N(C)C(=O)CNC(=O)Nc2ccc(C(=N)N)cc2)c1. The number of rotatable bonds is 7. The molecule has 0 saturated carbocycles. The van der Waals surface area contributed by atoms with Crippen molar-refractivity contribution < 1.29 is 14.3 Å². The van der Waals surface area contributed by atoms with Gasteiger partial charge < -0.3 is 26.0 Å². The molecule has 5 N–H and O–H groups in total. The van der Waals surface area contributed by atoms with Crippen LogP contribution >= 0.6 is 0 Å². The van der Waals surface area contributed by atoms with Crippen LogP contribution in [0, 0.1) is 5.41 Å². The number of amidine groups is 1. The highest BCUT2D eigenvalue weighted by molar-refractivity contribution is 5.96. The zero-order chi connectivity index (χ0) is 20.7. The minimum atomic E-state index is -0.494. The summed E-state index contributed by atoms with van der Waals surface area (Å²) in [5.41, 5.74) is 7.43. The second-order valence-electron chi connectivity index (χ2n) is 6.26. The minimum Gasteiger partial charge on any atom is -0.497 e. The number of anilines is 1. The first-order valence-corrected chi connectivity index (χ1v) is 8.70. The van der Waals surface area contributed by atoms with E-state index in [4.69, 9.17) is 15.9 Å². The molecule has 8 heteroatoms. The van der Waals surface area contributed by atoms with Crippen LogP contribution in [0.3, 0.4) is 0 Å². The Balaban J connectivity index is 1.87. The summed E-state index contributed by atoms with van der Waals surface area (Å²) in [6, 6.07) is 13.4. The highest BCUT2D eigenvalue weighted by Gasteiger charge is 2.18. The summed E-state index contributed by atoms with van der Waals surface area (Å²) in [4.78, 5) is 26.0. The molecule has 0 saturated heterocycles. The Hall–Kier alpha value is -3.55. The van der Waals surface area contributed by atoms with Crippen molar-refractivity contribution in [2.45, 2.75) is 13.0 Å². The molecule has 0 heterocycles. The molecule has 0 aliphatic rings. The predicted octanol–water partition coefficient (Wildman–Crippen LogP) is 2.32. The van der Waals surface area contributed by atoms with E-state index < -0.39 is 6.03 Å². The van der Waals surface area contributed by atoms with Crippen LogP contribution in [0.2, 0.25) is 0 Å². The van der Waals surface area contributed by atoms with Gasteiger partial charge in [0.15, 0.2) is 0 Å². The number of likely N-dealkylation sites (N-methyl/N-ethyl adjacent to an activating group) is 1. The number of nitrogen functional groups attached to an aromatic ring is 1. The summed E-state index contributed by atoms with van der Waals surface area (Å²) in [5.74, 6) is 0.450. The molecule has 3 amide bonds. The number of nitrogens with two attached hydrogens (primary N) is 1. The number of amides is 3. The number of hydrogen-bond donors (Lipinski definition) is 4. The molecule has 2 rings (SSSR count). The van der Waals surface area contributed by atoms with Gasteiger partial charge in [-0.1, -0.05) is 12.1 Å². The molecule has 0 fully saturated rings. The molecule has 0 aliphatic heterocycles. The van der Waals surface area contributed by atoms with E-state index in [0.717, 1.165) is 11.3 Å². The van der Waals surface area contributed by atoms with Gasteiger partial charge in [-0.05, 0) is 48.9 Å². The van der Waals surface area contributed by atoms with Crippen LogP contribution in [0.25, 0.3) is 0 Å². The van der Waals surface area contributed by atoms with Gasteiger partial charge in [0.25, 0.3) is 0 Å². The second kappa shape index (κ2) is 9.40. The van der Waals surface area contributed by atoms with Crippen molar-refractivity contribution in [1.29, 1.82) is 5.41 Å². The van der Waals surface area contributed by atoms with Gasteiger partial charge in [-0.2, -0.15) is 0 Å². The largest absolute Gasteiger partial charge is 0.497 e. The fraction of sp³-hybridized carbons (Fsp3) is 0.250. The van der Waals surface area contributed by atoms with Gasteiger partial charge in [-0.3, -0.25) is 10.2 Å². The Morgan fingerprint density at radius 3 is 2.50 bits per heavy atom. The summed E-state index contributed by atoms with van der Waals surface area (Å²) in [7, 11) is 3.28. The molecule has 0 aliphatic carbocycles. The van der Waals surface area contributed by atoms with Gasteiger partial charge in [0.1, 0.15) is 11.6 Å². The van der Waals surface area contributed by atoms with Gasteiger partial charge >= 0.3 is 6.03 Å². The van der Waals surface area contributed by atoms with Crippen molar-refractivity contribution in [2.24, 2.45) is 5.73 Å². The van der Waals surface area contributed by atoms with Gasteiger partial charge in [-0.25, -0.2) is 4.79 Å². The lowest BCUT2D eigenvalue weighted by molar-refractivity contribution is -0.130. The Bertz CT molecular complexity index is 851. The van der Waals surface area contributed by atoms with Crippen molar-refractivity contribution in [2.75, 3.05) is 26.0 Å². The summed E-state index contributed by atoms with van der Waals surface area (Å²) in [6.45, 7) is 1.77. The maximum absolute atomic E-state index is 12.4. The minimum absolute atomic E-state index is 0.0465. The molecule has 0 aromatic heterocycles. The fourth-order valence-corrected chi connectivity index (χ4v) is 2.53. The number of urea groups is 1. The summed E-state index contributed by atoms with van der Waals surface area (Å²) >= 11 is 0. The van der Waals surface area contributed by atoms with Gasteiger partial charge in [0.2, 0.25) is 5.91 Å². The molecule has 0 spiro atoms. The summed E-state index contributed by atoms with van der Waals surface area (Å²) < 4.78 is 5.21. The number of benzene rings is 2. The highest BCUT2D eigenvalue weighted by Crippen LogP contribution is 2.22. The number of nitrogens with zero attached hydrogens (tertiary/aromatic N) is 1. The molecule has 0 radical (unpaired) electrons. The lowest BCUT2D eigenvalue weighted by Crippen LogP contribution is -2.40. The first-order chi connectivity index (χ1) is 13.3. The molecular formula is C20H25N5O3. The van der Waals surface area contributed by atoms with Crippen LogP contribution in [-0.2, 0) is 4.79 Å². The average Bonchev–Trinajstić information content (AvgIpc) is 2.71. The lowest BCUT2D eigenvalue weighted by Gasteiger charge is -2.25. The third-order valence-electron chi connectivity index (χ3n) is 4.40. The molecule has 0 unspecified atom stereocenters. The molecular weight excluding hydrogens is 358 g/mol. The van der Waals surface area contributed by atoms with E-state index in [1.54, 1.807) is 43.3 Å². The molecule has 1 atom stereocenters. The average molecular weight is 383 g/mol. The molecule has 148 valence electrons. The van der Waals surface area contributed by atoms with Crippen LogP contribution in [0.5, 0.6) is 5.75 Å². The van der Waals surface area contributed by atoms with E-state index in [2.05, 4.69) is 10.6 Å². The smallest absolute Gasteiger partial charge is 0.319 e. The van der Waals surface area contributed by atoms with Crippen molar-refractivity contribution in [1.82, 2.24) is 10.2 Å². The van der Waals surface area contributed by atoms with E-state index >= 15 is 0 Å². The number of methoxy groups -OCH3 is 1. The van der Waals surface area contributed by atoms with Crippen LogP contribution < -0.4 is 21.1 Å². The molecule has 28 heavy (non-hydrogen) atoms. The fourth-order valence-electron chi connectivity index (χ4n) is 2.53. The van der Waals surface area contributed by atoms with Crippen molar-refractivity contribution in [3.05, 3.63) is 59.7 Å². The lowest BCUT2D eigenvalue weighted by atomic mass is 10.1. The number of carbonyl (C=O) groups is 2. The van der Waals surface area contributed by atoms with Crippen molar-refractivity contribution in [3.63, 3.8) is 0 Å². The van der Waals surface area contributed by atoms with Crippen LogP contribution in [0.4, 0.5) is 10.5 Å². The van der Waals surface area contributed by atoms with Crippen LogP contribution in [0.1, 0.15) is 24.1 Å². The Morgan fingerprint density at radius 1 is 1.21 bits per heavy atom. The normalized spacial score (nSPS) is 11.2. The van der Waals surface area contributed by atoms with Crippen LogP contribution in [0.15, 0.2) is 48.5 Å². The number of nitrogens with one attached hydrogen (secondary N) is 3. The van der Waals surface area contributed by atoms with E-state index in [9.17, 15) is 9.59 Å². The van der Waals surface area contributed by atoms with E-state index in [1.165, 1.54) is 0 Å². The maximum atomic E-state index is 12.4. The Labute approximate surface area is 164 Å². The number of hydrogen-bond acceptors (Lipinski definition) is 4. The topological polar surface area (TPSA) is 121 Å². The predicted molar refractivity (Wildman–Crippen MR) is 109 cm³/mol. The van der Waals surface area contributed by atoms with E-state index in [1.807, 2.05) is 31.2 Å². The zero-order valence-corrected chi connectivity index (χ0v) is 16.2. The zero-order valence-electron chi connectivity index (χ0n) is 16.2. The van der Waals surface area contributed by atoms with Crippen molar-refractivity contribution in [3.8, 4) is 5.75 Å². The molecule has 8 nitrogen and oxygen atoms in total. The molecule has 0 bridgehead atoms. The third kappa shape index (κ3) is 5.47. The Kier molecular flexibility index (Phi) is 6.97. The van der Waals surface area contributed by atoms with Crippen LogP contribution in [-0.4, -0.2) is 43.4 Å². The van der Waals surface area contributed by atoms with Gasteiger partial charge in [0.05, 0.1) is 19.7 Å². The monoisotopic (exact) mass is 383 g/mol.